The maximum atomic E-state index is 12.5. The summed E-state index contributed by atoms with van der Waals surface area (Å²) < 4.78 is 2.95. The van der Waals surface area contributed by atoms with Gasteiger partial charge in [-0.2, -0.15) is 5.10 Å². The molecule has 3 aromatic rings. The van der Waals surface area contributed by atoms with Gasteiger partial charge in [0.1, 0.15) is 5.39 Å². The average Bonchev–Trinajstić information content (AvgIpc) is 3.28. The summed E-state index contributed by atoms with van der Waals surface area (Å²) in [6.45, 7) is 1.55. The van der Waals surface area contributed by atoms with E-state index < -0.39 is 0 Å². The number of carbonyl (C=O) groups excluding carboxylic acids is 2. The third-order valence-corrected chi connectivity index (χ3v) is 5.05. The lowest BCUT2D eigenvalue weighted by Gasteiger charge is -2.16. The predicted octanol–water partition coefficient (Wildman–Crippen LogP) is 1.28. The summed E-state index contributed by atoms with van der Waals surface area (Å²) in [7, 11) is 1.72. The summed E-state index contributed by atoms with van der Waals surface area (Å²) in [5.41, 5.74) is 1.95. The van der Waals surface area contributed by atoms with Gasteiger partial charge in [0.2, 0.25) is 11.8 Å². The van der Waals surface area contributed by atoms with E-state index in [0.717, 1.165) is 18.5 Å². The van der Waals surface area contributed by atoms with E-state index in [1.807, 2.05) is 29.2 Å². The van der Waals surface area contributed by atoms with E-state index in [1.54, 1.807) is 7.05 Å². The number of amides is 2. The van der Waals surface area contributed by atoms with Crippen LogP contribution >= 0.6 is 0 Å². The second-order valence-electron chi connectivity index (χ2n) is 7.17. The van der Waals surface area contributed by atoms with E-state index in [4.69, 9.17) is 0 Å². The quantitative estimate of drug-likeness (QED) is 0.679. The van der Waals surface area contributed by atoms with Crippen LogP contribution in [-0.4, -0.2) is 42.6 Å². The van der Waals surface area contributed by atoms with Crippen LogP contribution in [0, 0.1) is 0 Å². The molecule has 2 amide bonds. The van der Waals surface area contributed by atoms with Crippen LogP contribution in [0.1, 0.15) is 24.8 Å². The lowest BCUT2D eigenvalue weighted by atomic mass is 10.2. The van der Waals surface area contributed by atoms with Crippen LogP contribution in [0.3, 0.4) is 0 Å². The zero-order valence-electron chi connectivity index (χ0n) is 16.2. The third-order valence-electron chi connectivity index (χ3n) is 5.05. The van der Waals surface area contributed by atoms with Crippen molar-refractivity contribution in [2.75, 3.05) is 11.9 Å². The van der Waals surface area contributed by atoms with Crippen LogP contribution in [-0.2, 0) is 29.7 Å². The van der Waals surface area contributed by atoms with Crippen molar-refractivity contribution in [3.8, 4) is 0 Å². The molecule has 0 unspecified atom stereocenters. The number of hydrogen-bond acceptors (Lipinski definition) is 5. The maximum Gasteiger partial charge on any atom is 0.264 e. The van der Waals surface area contributed by atoms with Crippen LogP contribution in [0.5, 0.6) is 0 Å². The van der Waals surface area contributed by atoms with Gasteiger partial charge in [0.15, 0.2) is 5.65 Å². The fourth-order valence-corrected chi connectivity index (χ4v) is 3.51. The van der Waals surface area contributed by atoms with Crippen molar-refractivity contribution in [1.29, 1.82) is 0 Å². The second-order valence-corrected chi connectivity index (χ2v) is 7.17. The number of fused-ring (bicyclic) bond motifs is 1. The number of aryl methyl sites for hydroxylation is 2. The van der Waals surface area contributed by atoms with Gasteiger partial charge in [-0.25, -0.2) is 4.98 Å². The Morgan fingerprint density at radius 2 is 2.14 bits per heavy atom. The van der Waals surface area contributed by atoms with E-state index in [2.05, 4.69) is 15.4 Å². The molecule has 1 N–H and O–H groups in total. The number of nitrogens with zero attached hydrogens (tertiary/aromatic N) is 5. The van der Waals surface area contributed by atoms with Crippen molar-refractivity contribution in [2.45, 2.75) is 32.4 Å². The van der Waals surface area contributed by atoms with Crippen LogP contribution < -0.4 is 10.9 Å². The first-order valence-electron chi connectivity index (χ1n) is 9.55. The summed E-state index contributed by atoms with van der Waals surface area (Å²) in [4.78, 5) is 42.6. The number of aromatic nitrogens is 4. The van der Waals surface area contributed by atoms with Gasteiger partial charge < -0.3 is 10.2 Å². The summed E-state index contributed by atoms with van der Waals surface area (Å²) >= 11 is 0. The number of hydrogen-bond donors (Lipinski definition) is 1. The number of benzene rings is 1. The number of anilines is 1. The summed E-state index contributed by atoms with van der Waals surface area (Å²) in [5.74, 6) is -0.0262. The molecule has 4 rings (SSSR count). The van der Waals surface area contributed by atoms with E-state index >= 15 is 0 Å². The highest BCUT2D eigenvalue weighted by Gasteiger charge is 2.20. The Morgan fingerprint density at radius 1 is 1.28 bits per heavy atom. The zero-order valence-corrected chi connectivity index (χ0v) is 16.2. The minimum atomic E-state index is -0.215. The number of likely N-dealkylation sites (tertiary alicyclic amines) is 1. The molecule has 0 saturated carbocycles. The van der Waals surface area contributed by atoms with Crippen LogP contribution in [0.4, 0.5) is 5.69 Å². The Kier molecular flexibility index (Phi) is 5.11. The SMILES string of the molecule is Cn1ncc2c(=O)n(CCC(=O)Nc3cccc(CN4CCCC4=O)c3)cnc21. The summed E-state index contributed by atoms with van der Waals surface area (Å²) in [5, 5.41) is 7.32. The van der Waals surface area contributed by atoms with Crippen LogP contribution in [0.15, 0.2) is 41.6 Å². The highest BCUT2D eigenvalue weighted by molar-refractivity contribution is 5.90. The standard InChI is InChI=1S/C20H22N6O3/c1-24-19-16(11-22-24)20(29)26(13-21-19)9-7-17(27)23-15-5-2-4-14(10-15)12-25-8-3-6-18(25)28/h2,4-5,10-11,13H,3,6-9,12H2,1H3,(H,23,27). The molecule has 150 valence electrons. The second kappa shape index (κ2) is 7.86. The van der Waals surface area contributed by atoms with Gasteiger partial charge in [0.25, 0.3) is 5.56 Å². The predicted molar refractivity (Wildman–Crippen MR) is 107 cm³/mol. The van der Waals surface area contributed by atoms with Crippen LogP contribution in [0.2, 0.25) is 0 Å². The first-order chi connectivity index (χ1) is 14.0. The molecule has 3 heterocycles. The monoisotopic (exact) mass is 394 g/mol. The van der Waals surface area contributed by atoms with Gasteiger partial charge in [-0.3, -0.25) is 23.6 Å². The molecule has 0 aliphatic carbocycles. The van der Waals surface area contributed by atoms with Crippen molar-refractivity contribution in [3.63, 3.8) is 0 Å². The molecule has 9 nitrogen and oxygen atoms in total. The van der Waals surface area contributed by atoms with Gasteiger partial charge in [-0.15, -0.1) is 0 Å². The summed E-state index contributed by atoms with van der Waals surface area (Å²) in [6, 6.07) is 7.48. The molecule has 2 aromatic heterocycles. The highest BCUT2D eigenvalue weighted by atomic mass is 16.2. The Hall–Kier alpha value is -3.49. The number of carbonyl (C=O) groups is 2. The fraction of sp³-hybridized carbons (Fsp3) is 0.350. The van der Waals surface area contributed by atoms with E-state index in [1.165, 1.54) is 21.8 Å². The molecular weight excluding hydrogens is 372 g/mol. The van der Waals surface area contributed by atoms with Crippen molar-refractivity contribution in [3.05, 3.63) is 52.7 Å². The van der Waals surface area contributed by atoms with Gasteiger partial charge in [-0.1, -0.05) is 12.1 Å². The first kappa shape index (κ1) is 18.9. The molecule has 1 saturated heterocycles. The fourth-order valence-electron chi connectivity index (χ4n) is 3.51. The van der Waals surface area contributed by atoms with Gasteiger partial charge in [-0.05, 0) is 24.1 Å². The first-order valence-corrected chi connectivity index (χ1v) is 9.55. The largest absolute Gasteiger partial charge is 0.338 e. The number of nitrogens with one attached hydrogen (secondary N) is 1. The molecule has 0 bridgehead atoms. The molecule has 1 aromatic carbocycles. The molecule has 1 aliphatic rings. The molecule has 29 heavy (non-hydrogen) atoms. The van der Waals surface area contributed by atoms with E-state index in [-0.39, 0.29) is 30.3 Å². The lowest BCUT2D eigenvalue weighted by Crippen LogP contribution is -2.24. The third kappa shape index (κ3) is 4.03. The summed E-state index contributed by atoms with van der Waals surface area (Å²) in [6.07, 6.45) is 4.57. The van der Waals surface area contributed by atoms with Crippen molar-refractivity contribution in [1.82, 2.24) is 24.2 Å². The topological polar surface area (TPSA) is 102 Å². The van der Waals surface area contributed by atoms with Gasteiger partial charge in [0, 0.05) is 45.2 Å². The molecule has 0 atom stereocenters. The average molecular weight is 394 g/mol. The Morgan fingerprint density at radius 3 is 2.93 bits per heavy atom. The van der Waals surface area contributed by atoms with E-state index in [9.17, 15) is 14.4 Å². The highest BCUT2D eigenvalue weighted by Crippen LogP contribution is 2.17. The normalized spacial score (nSPS) is 14.0. The molecule has 0 spiro atoms. The minimum Gasteiger partial charge on any atom is -0.338 e. The van der Waals surface area contributed by atoms with Crippen LogP contribution in [0.25, 0.3) is 11.0 Å². The molecular formula is C20H22N6O3. The smallest absolute Gasteiger partial charge is 0.264 e. The zero-order chi connectivity index (χ0) is 20.4. The van der Waals surface area contributed by atoms with E-state index in [0.29, 0.717) is 29.7 Å². The Labute approximate surface area is 166 Å². The van der Waals surface area contributed by atoms with Gasteiger partial charge in [0.05, 0.1) is 12.5 Å². The Balaban J connectivity index is 1.37. The molecule has 1 fully saturated rings. The van der Waals surface area contributed by atoms with Crippen molar-refractivity contribution < 1.29 is 9.59 Å². The maximum absolute atomic E-state index is 12.5. The number of rotatable bonds is 6. The molecule has 1 aliphatic heterocycles. The van der Waals surface area contributed by atoms with Gasteiger partial charge >= 0.3 is 0 Å². The molecule has 0 radical (unpaired) electrons. The Bertz CT molecular complexity index is 1130. The van der Waals surface area contributed by atoms with Crippen molar-refractivity contribution in [2.24, 2.45) is 7.05 Å². The van der Waals surface area contributed by atoms with Crippen molar-refractivity contribution >= 4 is 28.5 Å². The minimum absolute atomic E-state index is 0.141. The lowest BCUT2D eigenvalue weighted by molar-refractivity contribution is -0.128. The molecule has 9 heteroatoms.